The van der Waals surface area contributed by atoms with Crippen molar-refractivity contribution in [1.82, 2.24) is 9.55 Å². The fraction of sp³-hybridized carbons (Fsp3) is 0.273. The van der Waals surface area contributed by atoms with Gasteiger partial charge in [-0.25, -0.2) is 4.98 Å². The number of carboxylic acid groups (broad SMARTS) is 1. The summed E-state index contributed by atoms with van der Waals surface area (Å²) < 4.78 is 49.4. The summed E-state index contributed by atoms with van der Waals surface area (Å²) in [5.74, 6) is -2.12. The monoisotopic (exact) mass is 288 g/mol. The predicted molar refractivity (Wildman–Crippen MR) is 58.5 cm³/mol. The summed E-state index contributed by atoms with van der Waals surface area (Å²) in [6.45, 7) is -0.877. The lowest BCUT2D eigenvalue weighted by atomic mass is 10.2. The lowest BCUT2D eigenvalue weighted by molar-refractivity contribution is -0.148. The number of nitrogens with zero attached hydrogens (tertiary/aromatic N) is 2. The van der Waals surface area contributed by atoms with Gasteiger partial charge in [0, 0.05) is 12.1 Å². The normalized spacial score (nSPS) is 13.9. The van der Waals surface area contributed by atoms with E-state index in [-0.39, 0.29) is 29.3 Å². The molecule has 0 spiro atoms. The number of carboxylic acids is 1. The molecule has 9 heteroatoms. The molecule has 3 rings (SSSR count). The lowest BCUT2D eigenvalue weighted by Gasteiger charge is -2.08. The summed E-state index contributed by atoms with van der Waals surface area (Å²) >= 11 is 0. The Bertz CT molecular complexity index is 708. The number of rotatable bonds is 2. The topological polar surface area (TPSA) is 73.6 Å². The Hall–Kier alpha value is -2.45. The van der Waals surface area contributed by atoms with Crippen LogP contribution in [0.25, 0.3) is 11.0 Å². The van der Waals surface area contributed by atoms with Crippen LogP contribution in [-0.4, -0.2) is 27.4 Å². The molecule has 0 unspecified atom stereocenters. The highest BCUT2D eigenvalue weighted by Gasteiger charge is 2.38. The minimum atomic E-state index is -4.75. The molecule has 1 aromatic carbocycles. The summed E-state index contributed by atoms with van der Waals surface area (Å²) in [4.78, 5) is 14.2. The van der Waals surface area contributed by atoms with Gasteiger partial charge >= 0.3 is 12.1 Å². The molecule has 1 aliphatic rings. The standard InChI is InChI=1S/C11H7F3N2O4/c12-11(13,14)10-15-5-1-7-8(20-4-19-7)2-6(5)16(10)3-9(17)18/h1-2H,3-4H2,(H,17,18). The third-order valence-electron chi connectivity index (χ3n) is 2.79. The SMILES string of the molecule is O=C(O)Cn1c(C(F)(F)F)nc2cc3c(cc21)OCO3. The lowest BCUT2D eigenvalue weighted by Crippen LogP contribution is -2.18. The molecule has 2 heterocycles. The number of alkyl halides is 3. The van der Waals surface area contributed by atoms with Crippen molar-refractivity contribution in [2.75, 3.05) is 6.79 Å². The number of carbonyl (C=O) groups is 1. The molecule has 2 aromatic rings. The molecule has 0 fully saturated rings. The van der Waals surface area contributed by atoms with Crippen molar-refractivity contribution < 1.29 is 32.5 Å². The van der Waals surface area contributed by atoms with Crippen molar-refractivity contribution in [1.29, 1.82) is 0 Å². The van der Waals surface area contributed by atoms with E-state index in [1.807, 2.05) is 0 Å². The van der Waals surface area contributed by atoms with Gasteiger partial charge in [-0.3, -0.25) is 4.79 Å². The highest BCUT2D eigenvalue weighted by Crippen LogP contribution is 2.38. The molecular formula is C11H7F3N2O4. The molecule has 1 N–H and O–H groups in total. The number of imidazole rings is 1. The van der Waals surface area contributed by atoms with Gasteiger partial charge in [-0.05, 0) is 0 Å². The summed E-state index contributed by atoms with van der Waals surface area (Å²) in [5.41, 5.74) is 0.0341. The first-order chi connectivity index (χ1) is 9.36. The number of hydrogen-bond donors (Lipinski definition) is 1. The van der Waals surface area contributed by atoms with Gasteiger partial charge in [0.15, 0.2) is 11.5 Å². The first-order valence-corrected chi connectivity index (χ1v) is 5.45. The number of ether oxygens (including phenoxy) is 2. The van der Waals surface area contributed by atoms with Crippen LogP contribution >= 0.6 is 0 Å². The smallest absolute Gasteiger partial charge is 0.449 e. The van der Waals surface area contributed by atoms with E-state index in [2.05, 4.69) is 4.98 Å². The van der Waals surface area contributed by atoms with Gasteiger partial charge in [-0.2, -0.15) is 13.2 Å². The van der Waals surface area contributed by atoms with Crippen molar-refractivity contribution in [2.45, 2.75) is 12.7 Å². The fourth-order valence-corrected chi connectivity index (χ4v) is 2.03. The molecule has 0 bridgehead atoms. The molecule has 0 amide bonds. The van der Waals surface area contributed by atoms with Crippen molar-refractivity contribution in [3.63, 3.8) is 0 Å². The Morgan fingerprint density at radius 1 is 1.35 bits per heavy atom. The predicted octanol–water partition coefficient (Wildman–Crippen LogP) is 1.87. The zero-order valence-corrected chi connectivity index (χ0v) is 9.77. The van der Waals surface area contributed by atoms with Crippen molar-refractivity contribution >= 4 is 17.0 Å². The summed E-state index contributed by atoms with van der Waals surface area (Å²) in [7, 11) is 0. The quantitative estimate of drug-likeness (QED) is 0.913. The van der Waals surface area contributed by atoms with E-state index < -0.39 is 24.5 Å². The van der Waals surface area contributed by atoms with Crippen molar-refractivity contribution in [3.8, 4) is 11.5 Å². The van der Waals surface area contributed by atoms with Crippen LogP contribution in [0.5, 0.6) is 11.5 Å². The highest BCUT2D eigenvalue weighted by atomic mass is 19.4. The Labute approximate surface area is 109 Å². The minimum Gasteiger partial charge on any atom is -0.480 e. The molecule has 1 aliphatic heterocycles. The van der Waals surface area contributed by atoms with Gasteiger partial charge in [0.1, 0.15) is 6.54 Å². The first-order valence-electron chi connectivity index (χ1n) is 5.45. The second-order valence-corrected chi connectivity index (χ2v) is 4.11. The van der Waals surface area contributed by atoms with Crippen LogP contribution in [0.2, 0.25) is 0 Å². The van der Waals surface area contributed by atoms with Crippen LogP contribution in [0.1, 0.15) is 5.82 Å². The maximum atomic E-state index is 12.9. The Balaban J connectivity index is 2.26. The number of aromatic nitrogens is 2. The van der Waals surface area contributed by atoms with Crippen molar-refractivity contribution in [2.24, 2.45) is 0 Å². The molecule has 1 aromatic heterocycles. The molecule has 20 heavy (non-hydrogen) atoms. The van der Waals surface area contributed by atoms with Crippen molar-refractivity contribution in [3.05, 3.63) is 18.0 Å². The number of fused-ring (bicyclic) bond motifs is 2. The molecule has 6 nitrogen and oxygen atoms in total. The van der Waals surface area contributed by atoms with Crippen LogP contribution in [0, 0.1) is 0 Å². The molecule has 0 saturated heterocycles. The van der Waals surface area contributed by atoms with Gasteiger partial charge in [0.05, 0.1) is 11.0 Å². The highest BCUT2D eigenvalue weighted by molar-refractivity contribution is 5.82. The number of hydrogen-bond acceptors (Lipinski definition) is 4. The van der Waals surface area contributed by atoms with Crippen LogP contribution in [-0.2, 0) is 17.5 Å². The van der Waals surface area contributed by atoms with E-state index >= 15 is 0 Å². The fourth-order valence-electron chi connectivity index (χ4n) is 2.03. The molecular weight excluding hydrogens is 281 g/mol. The van der Waals surface area contributed by atoms with Crippen LogP contribution in [0.15, 0.2) is 12.1 Å². The minimum absolute atomic E-state index is 0.00262. The average Bonchev–Trinajstić information content (AvgIpc) is 2.89. The molecule has 0 saturated carbocycles. The molecule has 0 aliphatic carbocycles. The van der Waals surface area contributed by atoms with Gasteiger partial charge in [-0.15, -0.1) is 0 Å². The summed E-state index contributed by atoms with van der Waals surface area (Å²) in [5, 5.41) is 8.76. The summed E-state index contributed by atoms with van der Waals surface area (Å²) in [6.07, 6.45) is -4.75. The zero-order chi connectivity index (χ0) is 14.5. The maximum absolute atomic E-state index is 12.9. The van der Waals surface area contributed by atoms with E-state index in [9.17, 15) is 18.0 Å². The van der Waals surface area contributed by atoms with Gasteiger partial charge in [0.2, 0.25) is 12.6 Å². The third kappa shape index (κ3) is 1.91. The second kappa shape index (κ2) is 4.02. The van der Waals surface area contributed by atoms with E-state index in [1.165, 1.54) is 12.1 Å². The molecule has 0 atom stereocenters. The van der Waals surface area contributed by atoms with E-state index in [0.29, 0.717) is 4.57 Å². The zero-order valence-electron chi connectivity index (χ0n) is 9.77. The number of halogens is 3. The van der Waals surface area contributed by atoms with Gasteiger partial charge in [-0.1, -0.05) is 0 Å². The second-order valence-electron chi connectivity index (χ2n) is 4.11. The molecule has 106 valence electrons. The first kappa shape index (κ1) is 12.6. The maximum Gasteiger partial charge on any atom is 0.449 e. The average molecular weight is 288 g/mol. The number of aliphatic carboxylic acids is 1. The van der Waals surface area contributed by atoms with E-state index in [4.69, 9.17) is 14.6 Å². The van der Waals surface area contributed by atoms with Crippen LogP contribution in [0.4, 0.5) is 13.2 Å². The van der Waals surface area contributed by atoms with E-state index in [1.54, 1.807) is 0 Å². The summed E-state index contributed by atoms with van der Waals surface area (Å²) in [6, 6.07) is 2.59. The Kier molecular flexibility index (Phi) is 2.53. The Morgan fingerprint density at radius 3 is 2.60 bits per heavy atom. The largest absolute Gasteiger partial charge is 0.480 e. The van der Waals surface area contributed by atoms with Crippen LogP contribution < -0.4 is 9.47 Å². The van der Waals surface area contributed by atoms with Gasteiger partial charge < -0.3 is 19.1 Å². The molecule has 0 radical (unpaired) electrons. The van der Waals surface area contributed by atoms with E-state index in [0.717, 1.165) is 0 Å². The number of benzene rings is 1. The van der Waals surface area contributed by atoms with Crippen LogP contribution in [0.3, 0.4) is 0 Å². The third-order valence-corrected chi connectivity index (χ3v) is 2.79. The Morgan fingerprint density at radius 2 is 2.00 bits per heavy atom. The van der Waals surface area contributed by atoms with Gasteiger partial charge in [0.25, 0.3) is 0 Å².